The minimum Gasteiger partial charge on any atom is -0.364 e. The number of hydrogen-bond acceptors (Lipinski definition) is 2. The predicted molar refractivity (Wildman–Crippen MR) is 37.7 cm³/mol. The number of nitrogens with zero attached hydrogens (tertiary/aromatic N) is 1. The van der Waals surface area contributed by atoms with E-state index < -0.39 is 12.3 Å². The van der Waals surface area contributed by atoms with Gasteiger partial charge in [0.05, 0.1) is 0 Å². The van der Waals surface area contributed by atoms with Gasteiger partial charge >= 0.3 is 0 Å². The molecule has 0 saturated carbocycles. The predicted octanol–water partition coefficient (Wildman–Crippen LogP) is 1.12. The van der Waals surface area contributed by atoms with E-state index in [4.69, 9.17) is 5.73 Å². The van der Waals surface area contributed by atoms with E-state index in [1.165, 1.54) is 0 Å². The Balaban J connectivity index is 3.04. The van der Waals surface area contributed by atoms with Gasteiger partial charge in [0.2, 0.25) is 0 Å². The molecule has 0 fully saturated rings. The van der Waals surface area contributed by atoms with Crippen LogP contribution in [0.4, 0.5) is 8.78 Å². The molecule has 2 N–H and O–H groups in total. The van der Waals surface area contributed by atoms with Crippen molar-refractivity contribution in [2.24, 2.45) is 5.73 Å². The summed E-state index contributed by atoms with van der Waals surface area (Å²) >= 11 is 0. The van der Waals surface area contributed by atoms with E-state index in [-0.39, 0.29) is 11.3 Å². The third-order valence-corrected chi connectivity index (χ3v) is 1.29. The third kappa shape index (κ3) is 1.75. The second kappa shape index (κ2) is 3.25. The maximum absolute atomic E-state index is 12.0. The first-order valence-corrected chi connectivity index (χ1v) is 3.15. The highest BCUT2D eigenvalue weighted by Crippen LogP contribution is 2.17. The molecule has 12 heavy (non-hydrogen) atoms. The lowest BCUT2D eigenvalue weighted by Gasteiger charge is -1.99. The number of rotatable bonds is 2. The van der Waals surface area contributed by atoms with Crippen molar-refractivity contribution in [3.8, 4) is 0 Å². The van der Waals surface area contributed by atoms with Crippen LogP contribution in [0.1, 0.15) is 22.5 Å². The summed E-state index contributed by atoms with van der Waals surface area (Å²) in [5.41, 5.74) is 4.44. The van der Waals surface area contributed by atoms with Gasteiger partial charge in [0, 0.05) is 11.8 Å². The number of primary amides is 1. The van der Waals surface area contributed by atoms with Crippen molar-refractivity contribution in [1.29, 1.82) is 0 Å². The van der Waals surface area contributed by atoms with Crippen LogP contribution in [0.3, 0.4) is 0 Å². The molecule has 0 unspecified atom stereocenters. The second-order valence-electron chi connectivity index (χ2n) is 2.14. The van der Waals surface area contributed by atoms with Gasteiger partial charge in [-0.2, -0.15) is 0 Å². The molecule has 0 spiro atoms. The molecule has 0 aromatic carbocycles. The molecule has 0 bridgehead atoms. The van der Waals surface area contributed by atoms with Gasteiger partial charge < -0.3 is 5.73 Å². The zero-order valence-electron chi connectivity index (χ0n) is 6.00. The van der Waals surface area contributed by atoms with Crippen LogP contribution in [0.5, 0.6) is 0 Å². The lowest BCUT2D eigenvalue weighted by atomic mass is 10.2. The smallest absolute Gasteiger partial charge is 0.267 e. The van der Waals surface area contributed by atoms with E-state index in [9.17, 15) is 13.6 Å². The molecule has 0 radical (unpaired) electrons. The molecule has 5 heteroatoms. The number of carbonyl (C=O) groups is 1. The molecule has 1 rings (SSSR count). The van der Waals surface area contributed by atoms with Gasteiger partial charge in [-0.15, -0.1) is 0 Å². The summed E-state index contributed by atoms with van der Waals surface area (Å²) in [6.45, 7) is 0. The van der Waals surface area contributed by atoms with Gasteiger partial charge in [0.25, 0.3) is 12.3 Å². The first kappa shape index (κ1) is 8.58. The molecule has 1 amide bonds. The van der Waals surface area contributed by atoms with Crippen LogP contribution in [-0.2, 0) is 0 Å². The zero-order valence-corrected chi connectivity index (χ0v) is 6.00. The lowest BCUT2D eigenvalue weighted by Crippen LogP contribution is -2.13. The molecule has 0 aliphatic carbocycles. The monoisotopic (exact) mass is 172 g/mol. The number of amides is 1. The van der Waals surface area contributed by atoms with Crippen LogP contribution in [0.2, 0.25) is 0 Å². The summed E-state index contributed by atoms with van der Waals surface area (Å²) in [4.78, 5) is 14.0. The summed E-state index contributed by atoms with van der Waals surface area (Å²) in [6.07, 6.45) is -1.48. The molecule has 1 heterocycles. The van der Waals surface area contributed by atoms with Gasteiger partial charge in [-0.25, -0.2) is 8.78 Å². The number of hydrogen-bond donors (Lipinski definition) is 1. The molecule has 1 aromatic heterocycles. The largest absolute Gasteiger partial charge is 0.364 e. The average Bonchev–Trinajstić information content (AvgIpc) is 2.04. The lowest BCUT2D eigenvalue weighted by molar-refractivity contribution is 0.0995. The summed E-state index contributed by atoms with van der Waals surface area (Å²) in [5, 5.41) is 0. The van der Waals surface area contributed by atoms with E-state index >= 15 is 0 Å². The normalized spacial score (nSPS) is 10.2. The van der Waals surface area contributed by atoms with Crippen LogP contribution in [-0.4, -0.2) is 10.9 Å². The van der Waals surface area contributed by atoms with E-state index in [1.807, 2.05) is 0 Å². The minimum absolute atomic E-state index is 0.146. The Morgan fingerprint density at radius 1 is 1.58 bits per heavy atom. The van der Waals surface area contributed by atoms with Crippen molar-refractivity contribution in [2.45, 2.75) is 6.43 Å². The quantitative estimate of drug-likeness (QED) is 0.726. The number of halogens is 2. The molecule has 1 aromatic rings. The third-order valence-electron chi connectivity index (χ3n) is 1.29. The van der Waals surface area contributed by atoms with Crippen molar-refractivity contribution in [1.82, 2.24) is 4.98 Å². The zero-order chi connectivity index (χ0) is 9.14. The van der Waals surface area contributed by atoms with Gasteiger partial charge in [-0.1, -0.05) is 0 Å². The average molecular weight is 172 g/mol. The van der Waals surface area contributed by atoms with Gasteiger partial charge in [-0.3, -0.25) is 9.78 Å². The molecular weight excluding hydrogens is 166 g/mol. The van der Waals surface area contributed by atoms with E-state index in [1.54, 1.807) is 0 Å². The highest BCUT2D eigenvalue weighted by Gasteiger charge is 2.09. The number of nitrogens with two attached hydrogens (primary N) is 1. The second-order valence-corrected chi connectivity index (χ2v) is 2.14. The van der Waals surface area contributed by atoms with Crippen LogP contribution in [0.15, 0.2) is 18.3 Å². The summed E-state index contributed by atoms with van der Waals surface area (Å²) in [7, 11) is 0. The molecule has 3 nitrogen and oxygen atoms in total. The van der Waals surface area contributed by atoms with Crippen LogP contribution < -0.4 is 5.73 Å². The summed E-state index contributed by atoms with van der Waals surface area (Å²) in [6, 6.07) is 2.12. The first-order chi connectivity index (χ1) is 5.61. The maximum atomic E-state index is 12.0. The van der Waals surface area contributed by atoms with Gasteiger partial charge in [-0.05, 0) is 12.1 Å². The highest BCUT2D eigenvalue weighted by molar-refractivity contribution is 5.90. The topological polar surface area (TPSA) is 56.0 Å². The highest BCUT2D eigenvalue weighted by atomic mass is 19.3. The Morgan fingerprint density at radius 2 is 2.25 bits per heavy atom. The van der Waals surface area contributed by atoms with E-state index in [0.29, 0.717) is 0 Å². The molecular formula is C7H6F2N2O. The number of pyridine rings is 1. The van der Waals surface area contributed by atoms with Crippen LogP contribution >= 0.6 is 0 Å². The molecule has 0 saturated heterocycles. The Morgan fingerprint density at radius 3 is 2.75 bits per heavy atom. The first-order valence-electron chi connectivity index (χ1n) is 3.15. The van der Waals surface area contributed by atoms with Crippen molar-refractivity contribution >= 4 is 5.91 Å². The van der Waals surface area contributed by atoms with E-state index in [0.717, 1.165) is 18.3 Å². The van der Waals surface area contributed by atoms with Crippen molar-refractivity contribution in [3.05, 3.63) is 29.6 Å². The SMILES string of the molecule is NC(=O)c1cc(C(F)F)ccn1. The fourth-order valence-electron chi connectivity index (χ4n) is 0.717. The Bertz CT molecular complexity index is 301. The van der Waals surface area contributed by atoms with E-state index in [2.05, 4.69) is 4.98 Å². The van der Waals surface area contributed by atoms with Gasteiger partial charge in [0.15, 0.2) is 0 Å². The minimum atomic E-state index is -2.61. The fraction of sp³-hybridized carbons (Fsp3) is 0.143. The Hall–Kier alpha value is -1.52. The fourth-order valence-corrected chi connectivity index (χ4v) is 0.717. The molecule has 64 valence electrons. The summed E-state index contributed by atoms with van der Waals surface area (Å²) < 4.78 is 24.1. The Labute approximate surface area is 67.2 Å². The number of aromatic nitrogens is 1. The number of alkyl halides is 2. The standard InChI is InChI=1S/C7H6F2N2O/c8-6(9)4-1-2-11-5(3-4)7(10)12/h1-3,6H,(H2,10,12). The van der Waals surface area contributed by atoms with Crippen LogP contribution in [0, 0.1) is 0 Å². The van der Waals surface area contributed by atoms with Crippen molar-refractivity contribution in [3.63, 3.8) is 0 Å². The number of carbonyl (C=O) groups excluding carboxylic acids is 1. The van der Waals surface area contributed by atoms with Crippen LogP contribution in [0.25, 0.3) is 0 Å². The van der Waals surface area contributed by atoms with Crippen molar-refractivity contribution in [2.75, 3.05) is 0 Å². The van der Waals surface area contributed by atoms with Crippen molar-refractivity contribution < 1.29 is 13.6 Å². The maximum Gasteiger partial charge on any atom is 0.267 e. The molecule has 0 aliphatic heterocycles. The van der Waals surface area contributed by atoms with Gasteiger partial charge in [0.1, 0.15) is 5.69 Å². The molecule has 0 atom stereocenters. The Kier molecular flexibility index (Phi) is 2.32. The summed E-state index contributed by atoms with van der Waals surface area (Å²) in [5.74, 6) is -0.808. The molecule has 0 aliphatic rings.